The fourth-order valence-electron chi connectivity index (χ4n) is 2.08. The molecule has 1 heterocycles. The molecule has 0 amide bonds. The lowest BCUT2D eigenvalue weighted by molar-refractivity contribution is 0.211. The Balaban J connectivity index is 2.19. The van der Waals surface area contributed by atoms with Crippen LogP contribution in [0.3, 0.4) is 0 Å². The van der Waals surface area contributed by atoms with E-state index >= 15 is 0 Å². The lowest BCUT2D eigenvalue weighted by atomic mass is 10.1. The summed E-state index contributed by atoms with van der Waals surface area (Å²) >= 11 is 3.49. The van der Waals surface area contributed by atoms with Gasteiger partial charge in [0.25, 0.3) is 0 Å². The summed E-state index contributed by atoms with van der Waals surface area (Å²) in [6, 6.07) is 0.831. The first-order valence-electron chi connectivity index (χ1n) is 5.64. The molecular weight excluding hydrogens is 226 g/mol. The molecule has 1 nitrogen and oxygen atoms in total. The maximum atomic E-state index is 3.49. The van der Waals surface area contributed by atoms with E-state index in [2.05, 4.69) is 27.8 Å². The second-order valence-electron chi connectivity index (χ2n) is 4.13. The average molecular weight is 248 g/mol. The summed E-state index contributed by atoms with van der Waals surface area (Å²) in [6.07, 6.45) is 8.39. The quantitative estimate of drug-likeness (QED) is 0.544. The Labute approximate surface area is 91.0 Å². The van der Waals surface area contributed by atoms with Crippen LogP contribution in [0.4, 0.5) is 0 Å². The largest absolute Gasteiger partial charge is 0.301 e. The second-order valence-corrected chi connectivity index (χ2v) is 4.92. The molecule has 0 saturated carbocycles. The van der Waals surface area contributed by atoms with Crippen molar-refractivity contribution in [3.8, 4) is 0 Å². The third-order valence-corrected chi connectivity index (χ3v) is 3.58. The first-order valence-corrected chi connectivity index (χ1v) is 6.76. The van der Waals surface area contributed by atoms with Crippen molar-refractivity contribution in [1.82, 2.24) is 4.90 Å². The molecule has 13 heavy (non-hydrogen) atoms. The van der Waals surface area contributed by atoms with Gasteiger partial charge in [-0.2, -0.15) is 0 Å². The number of likely N-dealkylation sites (tertiary alicyclic amines) is 1. The predicted molar refractivity (Wildman–Crippen MR) is 62.5 cm³/mol. The number of alkyl halides is 1. The smallest absolute Gasteiger partial charge is 0.00669 e. The highest BCUT2D eigenvalue weighted by atomic mass is 79.9. The highest BCUT2D eigenvalue weighted by Gasteiger charge is 2.15. The van der Waals surface area contributed by atoms with Crippen molar-refractivity contribution in [2.24, 2.45) is 0 Å². The summed E-state index contributed by atoms with van der Waals surface area (Å²) in [5, 5.41) is 1.16. The fourth-order valence-corrected chi connectivity index (χ4v) is 2.47. The maximum absolute atomic E-state index is 3.49. The summed E-state index contributed by atoms with van der Waals surface area (Å²) < 4.78 is 0. The summed E-state index contributed by atoms with van der Waals surface area (Å²) in [4.78, 5) is 2.68. The van der Waals surface area contributed by atoms with Crippen molar-refractivity contribution in [1.29, 1.82) is 0 Å². The van der Waals surface area contributed by atoms with Crippen LogP contribution in [0.2, 0.25) is 0 Å². The van der Waals surface area contributed by atoms with Gasteiger partial charge in [0.15, 0.2) is 0 Å². The van der Waals surface area contributed by atoms with Crippen LogP contribution in [0.5, 0.6) is 0 Å². The van der Waals surface area contributed by atoms with E-state index in [-0.39, 0.29) is 0 Å². The Bertz CT molecular complexity index is 127. The van der Waals surface area contributed by atoms with E-state index in [1.165, 1.54) is 51.6 Å². The standard InChI is InChI=1S/C11H22BrN/c1-11-7-3-2-5-9-13(11)10-6-4-8-12/h11H,2-10H2,1H3. The number of halogens is 1. The van der Waals surface area contributed by atoms with Crippen molar-refractivity contribution in [2.75, 3.05) is 18.4 Å². The van der Waals surface area contributed by atoms with Gasteiger partial charge in [0, 0.05) is 11.4 Å². The molecular formula is C11H22BrN. The Morgan fingerprint density at radius 3 is 2.85 bits per heavy atom. The molecule has 0 N–H and O–H groups in total. The molecule has 1 atom stereocenters. The van der Waals surface area contributed by atoms with Crippen LogP contribution >= 0.6 is 15.9 Å². The fraction of sp³-hybridized carbons (Fsp3) is 1.00. The van der Waals surface area contributed by atoms with Crippen LogP contribution in [0, 0.1) is 0 Å². The van der Waals surface area contributed by atoms with Crippen molar-refractivity contribution in [3.63, 3.8) is 0 Å². The second kappa shape index (κ2) is 6.83. The number of hydrogen-bond acceptors (Lipinski definition) is 1. The Morgan fingerprint density at radius 1 is 1.23 bits per heavy atom. The SMILES string of the molecule is CC1CCCCCN1CCCCBr. The molecule has 0 aromatic heterocycles. The minimum Gasteiger partial charge on any atom is -0.301 e. The molecule has 0 aromatic rings. The first-order chi connectivity index (χ1) is 6.34. The zero-order valence-corrected chi connectivity index (χ0v) is 10.4. The molecule has 0 aliphatic carbocycles. The molecule has 78 valence electrons. The highest BCUT2D eigenvalue weighted by Crippen LogP contribution is 2.16. The van der Waals surface area contributed by atoms with Gasteiger partial charge in [-0.05, 0) is 45.7 Å². The van der Waals surface area contributed by atoms with Crippen LogP contribution in [0.15, 0.2) is 0 Å². The van der Waals surface area contributed by atoms with E-state index in [4.69, 9.17) is 0 Å². The predicted octanol–water partition coefficient (Wildman–Crippen LogP) is 3.43. The molecule has 0 spiro atoms. The Hall–Kier alpha value is 0.440. The lowest BCUT2D eigenvalue weighted by Crippen LogP contribution is -2.33. The van der Waals surface area contributed by atoms with E-state index in [1.54, 1.807) is 0 Å². The molecule has 0 bridgehead atoms. The van der Waals surface area contributed by atoms with Crippen molar-refractivity contribution in [2.45, 2.75) is 51.5 Å². The Kier molecular flexibility index (Phi) is 6.05. The van der Waals surface area contributed by atoms with Crippen molar-refractivity contribution in [3.05, 3.63) is 0 Å². The monoisotopic (exact) mass is 247 g/mol. The topological polar surface area (TPSA) is 3.24 Å². The zero-order valence-electron chi connectivity index (χ0n) is 8.77. The highest BCUT2D eigenvalue weighted by molar-refractivity contribution is 9.09. The third-order valence-electron chi connectivity index (χ3n) is 3.02. The molecule has 1 rings (SSSR count). The number of unbranched alkanes of at least 4 members (excludes halogenated alkanes) is 1. The van der Waals surface area contributed by atoms with E-state index in [1.807, 2.05) is 0 Å². The molecule has 0 radical (unpaired) electrons. The molecule has 1 fully saturated rings. The first kappa shape index (κ1) is 11.5. The van der Waals surface area contributed by atoms with Crippen LogP contribution in [0.25, 0.3) is 0 Å². The van der Waals surface area contributed by atoms with Crippen LogP contribution in [-0.4, -0.2) is 29.4 Å². The van der Waals surface area contributed by atoms with Crippen LogP contribution in [-0.2, 0) is 0 Å². The van der Waals surface area contributed by atoms with Gasteiger partial charge >= 0.3 is 0 Å². The van der Waals surface area contributed by atoms with E-state index in [0.29, 0.717) is 0 Å². The van der Waals surface area contributed by atoms with Gasteiger partial charge in [-0.1, -0.05) is 28.8 Å². The summed E-state index contributed by atoms with van der Waals surface area (Å²) in [5.74, 6) is 0. The number of rotatable bonds is 4. The van der Waals surface area contributed by atoms with Crippen molar-refractivity contribution >= 4 is 15.9 Å². The van der Waals surface area contributed by atoms with Gasteiger partial charge in [0.2, 0.25) is 0 Å². The normalized spacial score (nSPS) is 25.8. The number of nitrogens with zero attached hydrogens (tertiary/aromatic N) is 1. The van der Waals surface area contributed by atoms with Gasteiger partial charge in [0.05, 0.1) is 0 Å². The van der Waals surface area contributed by atoms with Gasteiger partial charge in [-0.25, -0.2) is 0 Å². The minimum atomic E-state index is 0.831. The lowest BCUT2D eigenvalue weighted by Gasteiger charge is -2.26. The Morgan fingerprint density at radius 2 is 2.08 bits per heavy atom. The number of hydrogen-bond donors (Lipinski definition) is 0. The molecule has 1 aliphatic heterocycles. The average Bonchev–Trinajstić information content (AvgIpc) is 2.32. The molecule has 1 saturated heterocycles. The minimum absolute atomic E-state index is 0.831. The molecule has 2 heteroatoms. The molecule has 1 aliphatic rings. The van der Waals surface area contributed by atoms with E-state index in [0.717, 1.165) is 11.4 Å². The molecule has 0 aromatic carbocycles. The van der Waals surface area contributed by atoms with Gasteiger partial charge in [-0.3, -0.25) is 0 Å². The van der Waals surface area contributed by atoms with E-state index in [9.17, 15) is 0 Å². The zero-order chi connectivity index (χ0) is 9.52. The summed E-state index contributed by atoms with van der Waals surface area (Å²) in [5.41, 5.74) is 0. The van der Waals surface area contributed by atoms with Crippen LogP contribution < -0.4 is 0 Å². The van der Waals surface area contributed by atoms with Gasteiger partial charge in [0.1, 0.15) is 0 Å². The summed E-state index contributed by atoms with van der Waals surface area (Å²) in [6.45, 7) is 5.04. The van der Waals surface area contributed by atoms with Gasteiger partial charge in [-0.15, -0.1) is 0 Å². The maximum Gasteiger partial charge on any atom is 0.00669 e. The van der Waals surface area contributed by atoms with Gasteiger partial charge < -0.3 is 4.90 Å². The summed E-state index contributed by atoms with van der Waals surface area (Å²) in [7, 11) is 0. The van der Waals surface area contributed by atoms with E-state index < -0.39 is 0 Å². The molecule has 1 unspecified atom stereocenters. The third kappa shape index (κ3) is 4.46. The van der Waals surface area contributed by atoms with Crippen LogP contribution in [0.1, 0.15) is 45.4 Å². The van der Waals surface area contributed by atoms with Crippen molar-refractivity contribution < 1.29 is 0 Å².